The molecule has 1 saturated carbocycles. The highest BCUT2D eigenvalue weighted by atomic mass is 35.5. The Labute approximate surface area is 193 Å². The Hall–Kier alpha value is -2.30. The van der Waals surface area contributed by atoms with Crippen molar-refractivity contribution >= 4 is 35.0 Å². The number of phenols is 1. The fourth-order valence-corrected chi connectivity index (χ4v) is 6.94. The number of thiocarbonyl (C=S) groups is 1. The van der Waals surface area contributed by atoms with Crippen molar-refractivity contribution < 1.29 is 5.11 Å². The van der Waals surface area contributed by atoms with E-state index in [4.69, 9.17) is 23.8 Å². The Morgan fingerprint density at radius 1 is 1.16 bits per heavy atom. The van der Waals surface area contributed by atoms with Gasteiger partial charge in [0.25, 0.3) is 0 Å². The second-order valence-corrected chi connectivity index (χ2v) is 10.5. The number of rotatable bonds is 1. The van der Waals surface area contributed by atoms with Crippen molar-refractivity contribution in [3.8, 4) is 5.75 Å². The number of hydrogen-bond acceptors (Lipinski definition) is 2. The first kappa shape index (κ1) is 19.4. The van der Waals surface area contributed by atoms with Crippen LogP contribution in [0.3, 0.4) is 0 Å². The summed E-state index contributed by atoms with van der Waals surface area (Å²) in [4.78, 5) is 0. The fourth-order valence-electron chi connectivity index (χ4n) is 6.60. The number of aromatic hydroxyl groups is 1. The molecular weight excluding hydrogens is 424 g/mol. The van der Waals surface area contributed by atoms with Crippen molar-refractivity contribution in [3.63, 3.8) is 0 Å². The van der Waals surface area contributed by atoms with E-state index in [9.17, 15) is 5.11 Å². The highest BCUT2D eigenvalue weighted by Gasteiger charge is 2.55. The lowest BCUT2D eigenvalue weighted by atomic mass is 9.56. The van der Waals surface area contributed by atoms with Gasteiger partial charge in [0.1, 0.15) is 5.75 Å². The summed E-state index contributed by atoms with van der Waals surface area (Å²) in [6.07, 6.45) is 7.95. The standard InChI is InChI=1S/C26H25ClN2OS/c1-26-11-10-19-18-9-7-17(30)12-15(18)4-8-20(19)22(26)13-21-23(28-25(31)29-24(21)26)14-2-5-16(27)6-3-14/h2-9,12,19-20,22-23,30H,10-11,13H2,1H3,(H2,28,29,31)/t19-,20-,22+,23?,26+/m1/s1. The Morgan fingerprint density at radius 3 is 2.77 bits per heavy atom. The molecule has 4 aliphatic rings. The summed E-state index contributed by atoms with van der Waals surface area (Å²) in [6.45, 7) is 2.43. The van der Waals surface area contributed by atoms with Crippen LogP contribution in [-0.2, 0) is 0 Å². The van der Waals surface area contributed by atoms with Gasteiger partial charge in [-0.25, -0.2) is 0 Å². The van der Waals surface area contributed by atoms with Crippen molar-refractivity contribution in [1.29, 1.82) is 0 Å². The van der Waals surface area contributed by atoms with Gasteiger partial charge in [-0.1, -0.05) is 48.9 Å². The fraction of sp³-hybridized carbons (Fsp3) is 0.346. The summed E-state index contributed by atoms with van der Waals surface area (Å²) < 4.78 is 0. The molecule has 3 N–H and O–H groups in total. The number of allylic oxidation sites excluding steroid dienone is 2. The molecule has 0 amide bonds. The van der Waals surface area contributed by atoms with Gasteiger partial charge in [0.2, 0.25) is 0 Å². The first-order chi connectivity index (χ1) is 14.9. The largest absolute Gasteiger partial charge is 0.508 e. The zero-order valence-electron chi connectivity index (χ0n) is 17.4. The van der Waals surface area contributed by atoms with Crippen molar-refractivity contribution in [2.75, 3.05) is 0 Å². The van der Waals surface area contributed by atoms with E-state index in [1.54, 1.807) is 0 Å². The first-order valence-electron chi connectivity index (χ1n) is 11.0. The highest BCUT2D eigenvalue weighted by Crippen LogP contribution is 2.63. The molecule has 1 heterocycles. The monoisotopic (exact) mass is 448 g/mol. The Balaban J connectivity index is 1.39. The minimum atomic E-state index is 0.0894. The lowest BCUT2D eigenvalue weighted by molar-refractivity contribution is 0.110. The van der Waals surface area contributed by atoms with E-state index in [-0.39, 0.29) is 11.5 Å². The van der Waals surface area contributed by atoms with E-state index >= 15 is 0 Å². The molecule has 158 valence electrons. The maximum Gasteiger partial charge on any atom is 0.171 e. The lowest BCUT2D eigenvalue weighted by Crippen LogP contribution is -2.47. The van der Waals surface area contributed by atoms with Crippen LogP contribution in [0.1, 0.15) is 54.8 Å². The number of phenolic OH excluding ortho intramolecular Hbond substituents is 1. The summed E-state index contributed by atoms with van der Waals surface area (Å²) in [5, 5.41) is 18.5. The second-order valence-electron chi connectivity index (χ2n) is 9.61. The molecule has 1 aliphatic heterocycles. The van der Waals surface area contributed by atoms with Gasteiger partial charge in [0.05, 0.1) is 6.04 Å². The molecular formula is C26H25ClN2OS. The zero-order valence-corrected chi connectivity index (χ0v) is 18.9. The smallest absolute Gasteiger partial charge is 0.171 e. The van der Waals surface area contributed by atoms with Crippen LogP contribution < -0.4 is 10.6 Å². The van der Waals surface area contributed by atoms with E-state index in [0.29, 0.717) is 28.6 Å². The molecule has 0 aromatic heterocycles. The van der Waals surface area contributed by atoms with E-state index in [2.05, 4.69) is 47.9 Å². The van der Waals surface area contributed by atoms with Gasteiger partial charge in [0.15, 0.2) is 5.11 Å². The Morgan fingerprint density at radius 2 is 1.97 bits per heavy atom. The molecule has 0 radical (unpaired) electrons. The van der Waals surface area contributed by atoms with Crippen molar-refractivity contribution in [1.82, 2.24) is 10.6 Å². The molecule has 2 aromatic carbocycles. The normalized spacial score (nSPS) is 33.0. The van der Waals surface area contributed by atoms with Crippen LogP contribution >= 0.6 is 23.8 Å². The molecule has 0 saturated heterocycles. The second kappa shape index (κ2) is 6.85. The molecule has 0 spiro atoms. The summed E-state index contributed by atoms with van der Waals surface area (Å²) in [5.74, 6) is 1.87. The maximum absolute atomic E-state index is 9.92. The average molecular weight is 449 g/mol. The quantitative estimate of drug-likeness (QED) is 0.463. The van der Waals surface area contributed by atoms with Crippen LogP contribution in [-0.4, -0.2) is 10.2 Å². The topological polar surface area (TPSA) is 44.3 Å². The minimum absolute atomic E-state index is 0.0894. The molecule has 6 rings (SSSR count). The van der Waals surface area contributed by atoms with Crippen molar-refractivity contribution in [3.05, 3.63) is 81.5 Å². The SMILES string of the molecule is C[C@]12CC[C@@H]3c4ccc(O)cc4C=C[C@H]3[C@@H]1CC1=C2NC(=S)NC1c1ccc(Cl)cc1. The molecule has 31 heavy (non-hydrogen) atoms. The van der Waals surface area contributed by atoms with E-state index < -0.39 is 0 Å². The zero-order chi connectivity index (χ0) is 21.3. The van der Waals surface area contributed by atoms with Gasteiger partial charge < -0.3 is 15.7 Å². The van der Waals surface area contributed by atoms with E-state index in [1.165, 1.54) is 28.0 Å². The predicted molar refractivity (Wildman–Crippen MR) is 129 cm³/mol. The number of hydrogen-bond donors (Lipinski definition) is 3. The van der Waals surface area contributed by atoms with Crippen LogP contribution in [0.4, 0.5) is 0 Å². The number of nitrogens with one attached hydrogen (secondary N) is 2. The van der Waals surface area contributed by atoms with Crippen LogP contribution in [0.2, 0.25) is 5.02 Å². The Bertz CT molecular complexity index is 1150. The predicted octanol–water partition coefficient (Wildman–Crippen LogP) is 6.07. The van der Waals surface area contributed by atoms with Gasteiger partial charge in [-0.2, -0.15) is 0 Å². The summed E-state index contributed by atoms with van der Waals surface area (Å²) >= 11 is 11.8. The van der Waals surface area contributed by atoms with Crippen LogP contribution in [0, 0.1) is 17.3 Å². The van der Waals surface area contributed by atoms with Crippen molar-refractivity contribution in [2.24, 2.45) is 17.3 Å². The van der Waals surface area contributed by atoms with Crippen LogP contribution in [0.15, 0.2) is 59.8 Å². The number of fused-ring (bicyclic) bond motifs is 6. The third kappa shape index (κ3) is 2.88. The molecule has 0 bridgehead atoms. The number of benzene rings is 2. The minimum Gasteiger partial charge on any atom is -0.508 e. The summed E-state index contributed by atoms with van der Waals surface area (Å²) in [6, 6.07) is 14.1. The van der Waals surface area contributed by atoms with Gasteiger partial charge in [-0.15, -0.1) is 0 Å². The highest BCUT2D eigenvalue weighted by molar-refractivity contribution is 7.80. The lowest BCUT2D eigenvalue weighted by Gasteiger charge is -2.48. The number of halogens is 1. The van der Waals surface area contributed by atoms with Crippen LogP contribution in [0.25, 0.3) is 6.08 Å². The van der Waals surface area contributed by atoms with Gasteiger partial charge in [0, 0.05) is 16.1 Å². The third-order valence-corrected chi connectivity index (χ3v) is 8.56. The van der Waals surface area contributed by atoms with Gasteiger partial charge in [-0.3, -0.25) is 0 Å². The average Bonchev–Trinajstić information content (AvgIpc) is 3.06. The molecule has 2 aromatic rings. The summed E-state index contributed by atoms with van der Waals surface area (Å²) in [5.41, 5.74) is 6.62. The molecule has 5 heteroatoms. The summed E-state index contributed by atoms with van der Waals surface area (Å²) in [7, 11) is 0. The molecule has 5 atom stereocenters. The Kier molecular flexibility index (Phi) is 4.28. The third-order valence-electron chi connectivity index (χ3n) is 8.09. The van der Waals surface area contributed by atoms with E-state index in [0.717, 1.165) is 24.3 Å². The van der Waals surface area contributed by atoms with Crippen LogP contribution in [0.5, 0.6) is 5.75 Å². The molecule has 3 aliphatic carbocycles. The van der Waals surface area contributed by atoms with Gasteiger partial charge in [-0.05, 0) is 95.8 Å². The van der Waals surface area contributed by atoms with Gasteiger partial charge >= 0.3 is 0 Å². The molecule has 3 nitrogen and oxygen atoms in total. The van der Waals surface area contributed by atoms with Crippen molar-refractivity contribution in [2.45, 2.75) is 38.1 Å². The maximum atomic E-state index is 9.92. The first-order valence-corrected chi connectivity index (χ1v) is 11.8. The molecule has 1 fully saturated rings. The molecule has 1 unspecified atom stereocenters. The van der Waals surface area contributed by atoms with E-state index in [1.807, 2.05) is 24.3 Å².